The number of carbonyl (C=O) groups is 1. The molecule has 3 fully saturated rings. The summed E-state index contributed by atoms with van der Waals surface area (Å²) in [6, 6.07) is 0.500. The van der Waals surface area contributed by atoms with E-state index in [-0.39, 0.29) is 0 Å². The first kappa shape index (κ1) is 13.4. The minimum Gasteiger partial charge on any atom is -0.338 e. The van der Waals surface area contributed by atoms with E-state index in [0.717, 1.165) is 39.0 Å². The first-order chi connectivity index (χ1) is 9.34. The zero-order valence-electron chi connectivity index (χ0n) is 11.9. The molecule has 3 saturated heterocycles. The van der Waals surface area contributed by atoms with E-state index in [1.54, 1.807) is 0 Å². The highest BCUT2D eigenvalue weighted by atomic mass is 16.2. The van der Waals surface area contributed by atoms with E-state index in [0.29, 0.717) is 17.9 Å². The highest BCUT2D eigenvalue weighted by Gasteiger charge is 2.34. The Balaban J connectivity index is 1.56. The molecule has 0 spiro atoms. The summed E-state index contributed by atoms with van der Waals surface area (Å²) < 4.78 is 0. The Morgan fingerprint density at radius 3 is 2.47 bits per heavy atom. The van der Waals surface area contributed by atoms with Gasteiger partial charge < -0.3 is 15.1 Å². The quantitative estimate of drug-likeness (QED) is 0.829. The maximum absolute atomic E-state index is 12.7. The molecule has 4 nitrogen and oxygen atoms in total. The van der Waals surface area contributed by atoms with Gasteiger partial charge in [-0.25, -0.2) is 0 Å². The van der Waals surface area contributed by atoms with Crippen molar-refractivity contribution >= 4 is 5.91 Å². The fourth-order valence-electron chi connectivity index (χ4n) is 3.88. The van der Waals surface area contributed by atoms with Gasteiger partial charge >= 0.3 is 0 Å². The minimum atomic E-state index is 0.292. The monoisotopic (exact) mass is 265 g/mol. The van der Waals surface area contributed by atoms with Crippen molar-refractivity contribution in [2.45, 2.75) is 44.6 Å². The van der Waals surface area contributed by atoms with Crippen molar-refractivity contribution in [3.05, 3.63) is 0 Å². The molecule has 0 bridgehead atoms. The van der Waals surface area contributed by atoms with Crippen molar-refractivity contribution in [1.29, 1.82) is 0 Å². The molecule has 3 rings (SSSR count). The molecule has 108 valence electrons. The van der Waals surface area contributed by atoms with Crippen molar-refractivity contribution in [2.24, 2.45) is 5.92 Å². The second-order valence-electron chi connectivity index (χ2n) is 6.36. The van der Waals surface area contributed by atoms with Crippen LogP contribution in [-0.2, 0) is 4.79 Å². The molecule has 1 N–H and O–H groups in total. The van der Waals surface area contributed by atoms with E-state index in [4.69, 9.17) is 0 Å². The van der Waals surface area contributed by atoms with Crippen LogP contribution in [0.25, 0.3) is 0 Å². The van der Waals surface area contributed by atoms with Crippen LogP contribution in [0.4, 0.5) is 0 Å². The van der Waals surface area contributed by atoms with Gasteiger partial charge in [0.1, 0.15) is 0 Å². The highest BCUT2D eigenvalue weighted by Crippen LogP contribution is 2.25. The molecule has 3 aliphatic heterocycles. The summed E-state index contributed by atoms with van der Waals surface area (Å²) in [6.07, 6.45) is 7.17. The zero-order chi connectivity index (χ0) is 13.1. The molecule has 3 aliphatic rings. The average Bonchev–Trinajstić information content (AvgIpc) is 3.11. The van der Waals surface area contributed by atoms with Crippen LogP contribution in [0.2, 0.25) is 0 Å². The molecule has 1 atom stereocenters. The lowest BCUT2D eigenvalue weighted by Gasteiger charge is -2.32. The van der Waals surface area contributed by atoms with Gasteiger partial charge in [0.05, 0.1) is 0 Å². The molecule has 1 unspecified atom stereocenters. The normalized spacial score (nSPS) is 30.1. The maximum atomic E-state index is 12.7. The van der Waals surface area contributed by atoms with Gasteiger partial charge in [-0.3, -0.25) is 4.79 Å². The van der Waals surface area contributed by atoms with Gasteiger partial charge in [-0.05, 0) is 64.7 Å². The second-order valence-corrected chi connectivity index (χ2v) is 6.36. The molecule has 0 aliphatic carbocycles. The van der Waals surface area contributed by atoms with Crippen LogP contribution >= 0.6 is 0 Å². The standard InChI is InChI=1S/C15H27N3O/c19-15(13-5-7-16-8-6-13)18-11-3-4-14(18)12-17-9-1-2-10-17/h13-14,16H,1-12H2. The van der Waals surface area contributed by atoms with E-state index < -0.39 is 0 Å². The summed E-state index contributed by atoms with van der Waals surface area (Å²) in [4.78, 5) is 17.4. The minimum absolute atomic E-state index is 0.292. The molecular formula is C15H27N3O. The Labute approximate surface area is 116 Å². The fraction of sp³-hybridized carbons (Fsp3) is 0.933. The Morgan fingerprint density at radius 2 is 1.74 bits per heavy atom. The summed E-state index contributed by atoms with van der Waals surface area (Å²) >= 11 is 0. The lowest BCUT2D eigenvalue weighted by Crippen LogP contribution is -2.46. The molecule has 1 amide bonds. The van der Waals surface area contributed by atoms with Gasteiger partial charge in [0.15, 0.2) is 0 Å². The van der Waals surface area contributed by atoms with Crippen LogP contribution in [0.15, 0.2) is 0 Å². The number of amides is 1. The van der Waals surface area contributed by atoms with Gasteiger partial charge in [-0.15, -0.1) is 0 Å². The summed E-state index contributed by atoms with van der Waals surface area (Å²) in [6.45, 7) is 6.64. The van der Waals surface area contributed by atoms with Crippen molar-refractivity contribution < 1.29 is 4.79 Å². The molecule has 19 heavy (non-hydrogen) atoms. The summed E-state index contributed by atoms with van der Waals surface area (Å²) in [5.74, 6) is 0.739. The first-order valence-corrected chi connectivity index (χ1v) is 8.08. The maximum Gasteiger partial charge on any atom is 0.226 e. The molecule has 0 aromatic carbocycles. The lowest BCUT2D eigenvalue weighted by molar-refractivity contribution is -0.137. The molecule has 0 saturated carbocycles. The van der Waals surface area contributed by atoms with E-state index in [2.05, 4.69) is 15.1 Å². The molecule has 0 aromatic rings. The molecule has 3 heterocycles. The van der Waals surface area contributed by atoms with Crippen molar-refractivity contribution in [3.63, 3.8) is 0 Å². The zero-order valence-corrected chi connectivity index (χ0v) is 11.9. The van der Waals surface area contributed by atoms with Crippen LogP contribution in [0.3, 0.4) is 0 Å². The number of hydrogen-bond donors (Lipinski definition) is 1. The Bertz CT molecular complexity index is 309. The van der Waals surface area contributed by atoms with Crippen LogP contribution in [0.1, 0.15) is 38.5 Å². The van der Waals surface area contributed by atoms with Crippen molar-refractivity contribution in [3.8, 4) is 0 Å². The van der Waals surface area contributed by atoms with Crippen molar-refractivity contribution in [2.75, 3.05) is 39.3 Å². The second kappa shape index (κ2) is 6.23. The molecular weight excluding hydrogens is 238 g/mol. The number of likely N-dealkylation sites (tertiary alicyclic amines) is 2. The van der Waals surface area contributed by atoms with Crippen LogP contribution in [-0.4, -0.2) is 61.0 Å². The third-order valence-electron chi connectivity index (χ3n) is 5.02. The van der Waals surface area contributed by atoms with Crippen LogP contribution < -0.4 is 5.32 Å². The molecule has 0 radical (unpaired) electrons. The number of rotatable bonds is 3. The van der Waals surface area contributed by atoms with E-state index >= 15 is 0 Å². The Hall–Kier alpha value is -0.610. The fourth-order valence-corrected chi connectivity index (χ4v) is 3.88. The highest BCUT2D eigenvalue weighted by molar-refractivity contribution is 5.79. The summed E-state index contributed by atoms with van der Waals surface area (Å²) in [7, 11) is 0. The third kappa shape index (κ3) is 3.11. The predicted molar refractivity (Wildman–Crippen MR) is 76.0 cm³/mol. The first-order valence-electron chi connectivity index (χ1n) is 8.08. The van der Waals surface area contributed by atoms with Crippen LogP contribution in [0, 0.1) is 5.92 Å². The number of nitrogens with zero attached hydrogens (tertiary/aromatic N) is 2. The van der Waals surface area contributed by atoms with Crippen molar-refractivity contribution in [1.82, 2.24) is 15.1 Å². The molecule has 0 aromatic heterocycles. The van der Waals surface area contributed by atoms with E-state index in [1.165, 1.54) is 38.8 Å². The van der Waals surface area contributed by atoms with Gasteiger partial charge in [0.2, 0.25) is 5.91 Å². The lowest BCUT2D eigenvalue weighted by atomic mass is 9.96. The average molecular weight is 265 g/mol. The summed E-state index contributed by atoms with van der Waals surface area (Å²) in [5.41, 5.74) is 0. The number of piperidine rings is 1. The topological polar surface area (TPSA) is 35.6 Å². The van der Waals surface area contributed by atoms with Gasteiger partial charge in [0, 0.05) is 25.0 Å². The Kier molecular flexibility index (Phi) is 4.38. The van der Waals surface area contributed by atoms with Gasteiger partial charge in [-0.1, -0.05) is 0 Å². The van der Waals surface area contributed by atoms with Gasteiger partial charge in [0.25, 0.3) is 0 Å². The Morgan fingerprint density at radius 1 is 1.00 bits per heavy atom. The number of hydrogen-bond acceptors (Lipinski definition) is 3. The number of carbonyl (C=O) groups excluding carboxylic acids is 1. The van der Waals surface area contributed by atoms with Gasteiger partial charge in [-0.2, -0.15) is 0 Å². The third-order valence-corrected chi connectivity index (χ3v) is 5.02. The predicted octanol–water partition coefficient (Wildman–Crippen LogP) is 1.07. The largest absolute Gasteiger partial charge is 0.338 e. The van der Waals surface area contributed by atoms with Crippen LogP contribution in [0.5, 0.6) is 0 Å². The SMILES string of the molecule is O=C(C1CCNCC1)N1CCCC1CN1CCCC1. The summed E-state index contributed by atoms with van der Waals surface area (Å²) in [5, 5.41) is 3.35. The van der Waals surface area contributed by atoms with E-state index in [9.17, 15) is 4.79 Å². The molecule has 4 heteroatoms. The number of nitrogens with one attached hydrogen (secondary N) is 1. The van der Waals surface area contributed by atoms with E-state index in [1.807, 2.05) is 0 Å². The smallest absolute Gasteiger partial charge is 0.226 e.